The number of hydrogen-bond donors (Lipinski definition) is 0. The second-order valence-corrected chi connectivity index (χ2v) is 18.0. The summed E-state index contributed by atoms with van der Waals surface area (Å²) in [6.07, 6.45) is 3.84. The molecule has 0 amide bonds. The third-order valence-corrected chi connectivity index (χ3v) is 15.2. The van der Waals surface area contributed by atoms with Crippen LogP contribution in [0, 0.1) is 0 Å². The normalized spacial score (nSPS) is 18.1. The Balaban J connectivity index is 1.59. The molecule has 200 valence electrons. The summed E-state index contributed by atoms with van der Waals surface area (Å²) in [5, 5.41) is 4.89. The van der Waals surface area contributed by atoms with Crippen molar-refractivity contribution in [2.75, 3.05) is 0 Å². The maximum absolute atomic E-state index is 7.62. The van der Waals surface area contributed by atoms with Gasteiger partial charge in [0.1, 0.15) is 6.10 Å². The Morgan fingerprint density at radius 3 is 1.56 bits per heavy atom. The lowest BCUT2D eigenvalue weighted by atomic mass is 10.0. The highest BCUT2D eigenvalue weighted by molar-refractivity contribution is 9.11. The van der Waals surface area contributed by atoms with E-state index in [0.29, 0.717) is 0 Å². The van der Waals surface area contributed by atoms with Crippen molar-refractivity contribution in [1.82, 2.24) is 0 Å². The third-order valence-electron chi connectivity index (χ3n) is 7.35. The molecule has 1 aliphatic rings. The molecule has 0 heterocycles. The van der Waals surface area contributed by atoms with Gasteiger partial charge in [0, 0.05) is 15.1 Å². The Hall–Kier alpha value is -2.33. The first kappa shape index (κ1) is 28.2. The largest absolute Gasteiger partial charge is 0.401 e. The Bertz CT molecular complexity index is 1280. The molecule has 39 heavy (non-hydrogen) atoms. The van der Waals surface area contributed by atoms with E-state index in [0.717, 1.165) is 17.3 Å². The molecule has 0 spiro atoms. The highest BCUT2D eigenvalue weighted by atomic mass is 79.9. The van der Waals surface area contributed by atoms with Crippen LogP contribution < -0.4 is 21.0 Å². The molecular weight excluding hydrogens is 579 g/mol. The number of halogens is 1. The molecule has 0 aromatic heterocycles. The first-order valence-electron chi connectivity index (χ1n) is 13.6. The van der Waals surface area contributed by atoms with Gasteiger partial charge in [0.05, 0.1) is 14.3 Å². The van der Waals surface area contributed by atoms with Crippen LogP contribution in [0.25, 0.3) is 0 Å². The predicted molar refractivity (Wildman–Crippen MR) is 173 cm³/mol. The minimum Gasteiger partial charge on any atom is -0.401 e. The predicted octanol–water partition coefficient (Wildman–Crippen LogP) is 7.44. The highest BCUT2D eigenvalue weighted by Gasteiger charge is 2.52. The third kappa shape index (κ3) is 6.06. The first-order chi connectivity index (χ1) is 18.9. The average molecular weight is 616 g/mol. The molecule has 4 aromatic rings. The molecule has 5 heteroatoms. The second-order valence-electron chi connectivity index (χ2n) is 11.0. The average Bonchev–Trinajstić information content (AvgIpc) is 2.97. The van der Waals surface area contributed by atoms with Crippen molar-refractivity contribution in [2.45, 2.75) is 50.9 Å². The van der Waals surface area contributed by atoms with Crippen molar-refractivity contribution >= 4 is 53.4 Å². The smallest absolute Gasteiger partial charge is 0.261 e. The van der Waals surface area contributed by atoms with Crippen LogP contribution in [0.2, 0.25) is 5.04 Å². The van der Waals surface area contributed by atoms with Gasteiger partial charge in [-0.2, -0.15) is 0 Å². The fraction of sp³-hybridized carbons (Fsp3) is 0.235. The molecule has 1 aliphatic carbocycles. The summed E-state index contributed by atoms with van der Waals surface area (Å²) in [6.45, 7) is 7.01. The molecule has 0 saturated carbocycles. The lowest BCUT2D eigenvalue weighted by Gasteiger charge is -2.47. The molecule has 0 bridgehead atoms. The van der Waals surface area contributed by atoms with Crippen molar-refractivity contribution in [3.05, 3.63) is 132 Å². The van der Waals surface area contributed by atoms with Crippen LogP contribution in [-0.2, 0) is 8.95 Å². The van der Waals surface area contributed by atoms with Crippen molar-refractivity contribution in [2.24, 2.45) is 0 Å². The monoisotopic (exact) mass is 614 g/mol. The van der Waals surface area contributed by atoms with E-state index in [4.69, 9.17) is 8.95 Å². The van der Waals surface area contributed by atoms with Crippen LogP contribution in [0.1, 0.15) is 33.6 Å². The van der Waals surface area contributed by atoms with Crippen LogP contribution in [0.4, 0.5) is 0 Å². The standard InChI is InChI=1S/C34H36BrO2PSi/c1-34(2,3)39(29-21-12-6-13-22-29,30-23-14-7-15-24-30)37-32-26-16-25-31(35)33(32)36-38(27-17-8-4-9-18-27)28-19-10-5-11-20-28/h4-15,17-25,32-33H,16,26H2,1-3H3/t32-,33+/m0/s1. The van der Waals surface area contributed by atoms with Gasteiger partial charge >= 0.3 is 0 Å². The highest BCUT2D eigenvalue weighted by Crippen LogP contribution is 2.45. The molecule has 0 fully saturated rings. The molecule has 4 aromatic carbocycles. The number of rotatable bonds is 8. The van der Waals surface area contributed by atoms with Gasteiger partial charge in [-0.05, 0) is 28.3 Å². The summed E-state index contributed by atoms with van der Waals surface area (Å²) in [5.41, 5.74) is 0. The maximum Gasteiger partial charge on any atom is 0.261 e. The van der Waals surface area contributed by atoms with Gasteiger partial charge in [-0.25, -0.2) is 0 Å². The Kier molecular flexibility index (Phi) is 9.01. The van der Waals surface area contributed by atoms with Gasteiger partial charge in [-0.3, -0.25) is 0 Å². The Morgan fingerprint density at radius 2 is 1.13 bits per heavy atom. The molecule has 5 rings (SSSR count). The minimum atomic E-state index is -2.74. The van der Waals surface area contributed by atoms with Crippen molar-refractivity contribution in [1.29, 1.82) is 0 Å². The minimum absolute atomic E-state index is 0.0897. The van der Waals surface area contributed by atoms with Crippen LogP contribution in [0.3, 0.4) is 0 Å². The Morgan fingerprint density at radius 1 is 0.692 bits per heavy atom. The second kappa shape index (κ2) is 12.5. The molecule has 0 unspecified atom stereocenters. The molecule has 0 radical (unpaired) electrons. The molecule has 0 aliphatic heterocycles. The van der Waals surface area contributed by atoms with Gasteiger partial charge in [-0.1, -0.05) is 164 Å². The van der Waals surface area contributed by atoms with Gasteiger partial charge < -0.3 is 8.95 Å². The maximum atomic E-state index is 7.62. The van der Waals surface area contributed by atoms with Crippen LogP contribution in [-0.4, -0.2) is 20.5 Å². The zero-order valence-corrected chi connectivity index (χ0v) is 26.3. The number of hydrogen-bond acceptors (Lipinski definition) is 2. The number of allylic oxidation sites excluding steroid dienone is 1. The fourth-order valence-corrected chi connectivity index (χ4v) is 12.9. The quantitative estimate of drug-likeness (QED) is 0.152. The van der Waals surface area contributed by atoms with E-state index in [1.54, 1.807) is 0 Å². The van der Waals surface area contributed by atoms with Crippen LogP contribution in [0.5, 0.6) is 0 Å². The molecule has 2 nitrogen and oxygen atoms in total. The summed E-state index contributed by atoms with van der Waals surface area (Å²) < 4.78 is 15.9. The summed E-state index contributed by atoms with van der Waals surface area (Å²) in [4.78, 5) is 0. The molecular formula is C34H36BrO2PSi. The van der Waals surface area contributed by atoms with E-state index in [-0.39, 0.29) is 17.2 Å². The van der Waals surface area contributed by atoms with E-state index >= 15 is 0 Å². The van der Waals surface area contributed by atoms with E-state index in [1.807, 2.05) is 0 Å². The number of benzene rings is 4. The lowest BCUT2D eigenvalue weighted by Crippen LogP contribution is -2.68. The van der Waals surface area contributed by atoms with Crippen LogP contribution >= 0.6 is 24.1 Å². The van der Waals surface area contributed by atoms with Gasteiger partial charge in [0.25, 0.3) is 8.32 Å². The summed E-state index contributed by atoms with van der Waals surface area (Å²) in [5.74, 6) is 0. The van der Waals surface area contributed by atoms with Crippen molar-refractivity contribution < 1.29 is 8.95 Å². The van der Waals surface area contributed by atoms with Crippen LogP contribution in [0.15, 0.2) is 132 Å². The van der Waals surface area contributed by atoms with E-state index < -0.39 is 16.5 Å². The topological polar surface area (TPSA) is 18.5 Å². The summed E-state index contributed by atoms with van der Waals surface area (Å²) >= 11 is 3.92. The van der Waals surface area contributed by atoms with Crippen molar-refractivity contribution in [3.8, 4) is 0 Å². The lowest BCUT2D eigenvalue weighted by molar-refractivity contribution is 0.0720. The molecule has 0 N–H and O–H groups in total. The SMILES string of the molecule is CC(C)(C)[Si](O[C@H]1CCC=C(Br)[C@H]1OP(c1ccccc1)c1ccccc1)(c1ccccc1)c1ccccc1. The molecule has 2 atom stereocenters. The summed E-state index contributed by atoms with van der Waals surface area (Å²) in [7, 11) is -3.78. The van der Waals surface area contributed by atoms with Gasteiger partial charge in [0.15, 0.2) is 0 Å². The van der Waals surface area contributed by atoms with E-state index in [2.05, 4.69) is 164 Å². The fourth-order valence-electron chi connectivity index (χ4n) is 5.50. The van der Waals surface area contributed by atoms with E-state index in [9.17, 15) is 0 Å². The zero-order chi connectivity index (χ0) is 27.3. The first-order valence-corrected chi connectivity index (χ1v) is 17.6. The Labute approximate surface area is 244 Å². The summed E-state index contributed by atoms with van der Waals surface area (Å²) in [6, 6.07) is 43.0. The van der Waals surface area contributed by atoms with Gasteiger partial charge in [0.2, 0.25) is 0 Å². The van der Waals surface area contributed by atoms with Gasteiger partial charge in [-0.15, -0.1) is 0 Å². The van der Waals surface area contributed by atoms with E-state index in [1.165, 1.54) is 21.0 Å². The zero-order valence-electron chi connectivity index (χ0n) is 22.8. The van der Waals surface area contributed by atoms with Crippen molar-refractivity contribution in [3.63, 3.8) is 0 Å². The molecule has 0 saturated heterocycles.